The van der Waals surface area contributed by atoms with E-state index < -0.39 is 16.9 Å². The van der Waals surface area contributed by atoms with Crippen LogP contribution in [0.1, 0.15) is 111 Å². The molecule has 0 saturated heterocycles. The molecule has 0 atom stereocenters. The largest absolute Gasteiger partial charge is 0.508 e. The van der Waals surface area contributed by atoms with E-state index in [1.807, 2.05) is 0 Å². The maximum absolute atomic E-state index is 12.7. The molecule has 8 nitrogen and oxygen atoms in total. The maximum atomic E-state index is 12.7. The van der Waals surface area contributed by atoms with Crippen molar-refractivity contribution in [3.8, 4) is 40.1 Å². The number of phenols is 4. The normalized spacial score (nSPS) is 10.9. The lowest BCUT2D eigenvalue weighted by molar-refractivity contribution is -0.107. The summed E-state index contributed by atoms with van der Waals surface area (Å²) in [6.45, 7) is 8.35. The lowest BCUT2D eigenvalue weighted by Gasteiger charge is -2.11. The zero-order valence-corrected chi connectivity index (χ0v) is 28.1. The average Bonchev–Trinajstić information content (AvgIpc) is 3.02. The third-order valence-corrected chi connectivity index (χ3v) is 6.72. The number of phenolic OH excluding ortho intramolecular Hbond substituents is 4. The number of aldehydes is 1. The minimum Gasteiger partial charge on any atom is -0.508 e. The molecule has 46 heavy (non-hydrogen) atoms. The Bertz CT molecular complexity index is 1400. The molecule has 0 amide bonds. The van der Waals surface area contributed by atoms with Crippen molar-refractivity contribution in [1.82, 2.24) is 0 Å². The van der Waals surface area contributed by atoms with Crippen LogP contribution in [-0.2, 0) is 4.79 Å². The molecule has 0 aliphatic heterocycles. The quantitative estimate of drug-likeness (QED) is 0.0496. The molecule has 2 aromatic carbocycles. The third-order valence-electron chi connectivity index (χ3n) is 6.72. The number of carbonyl (C=O) groups excluding carboxylic acids is 1. The number of hydrogen-bond donors (Lipinski definition) is 4. The lowest BCUT2D eigenvalue weighted by Crippen LogP contribution is -2.10. The van der Waals surface area contributed by atoms with E-state index in [-0.39, 0.29) is 46.1 Å². The molecule has 0 aliphatic rings. The average molecular weight is 639 g/mol. The highest BCUT2D eigenvalue weighted by Gasteiger charge is 2.21. The molecule has 0 unspecified atom stereocenters. The monoisotopic (exact) mass is 638 g/mol. The van der Waals surface area contributed by atoms with Crippen molar-refractivity contribution in [2.45, 2.75) is 111 Å². The van der Waals surface area contributed by atoms with Gasteiger partial charge in [-0.1, -0.05) is 83.6 Å². The molecule has 0 aliphatic carbocycles. The summed E-state index contributed by atoms with van der Waals surface area (Å²) in [5.41, 5.74) is -0.364. The summed E-state index contributed by atoms with van der Waals surface area (Å²) in [5, 5.41) is 38.5. The van der Waals surface area contributed by atoms with Crippen LogP contribution in [-0.4, -0.2) is 33.3 Å². The first-order valence-electron chi connectivity index (χ1n) is 16.7. The second kappa shape index (κ2) is 24.1. The molecular weight excluding hydrogens is 584 g/mol. The molecule has 0 radical (unpaired) electrons. The molecule has 0 saturated carbocycles. The summed E-state index contributed by atoms with van der Waals surface area (Å²) in [4.78, 5) is 22.8. The molecule has 8 heteroatoms. The highest BCUT2D eigenvalue weighted by atomic mass is 16.5. The van der Waals surface area contributed by atoms with Crippen LogP contribution >= 0.6 is 0 Å². The molecule has 3 aromatic rings. The molecule has 1 heterocycles. The van der Waals surface area contributed by atoms with Crippen molar-refractivity contribution in [2.75, 3.05) is 6.61 Å². The van der Waals surface area contributed by atoms with E-state index in [9.17, 15) is 30.0 Å². The fourth-order valence-electron chi connectivity index (χ4n) is 4.44. The summed E-state index contributed by atoms with van der Waals surface area (Å²) < 4.78 is 11.0. The smallest absolute Gasteiger partial charge is 0.239 e. The number of carbonyl (C=O) groups is 1. The van der Waals surface area contributed by atoms with Gasteiger partial charge in [-0.05, 0) is 63.6 Å². The van der Waals surface area contributed by atoms with Crippen molar-refractivity contribution in [3.63, 3.8) is 0 Å². The summed E-state index contributed by atoms with van der Waals surface area (Å²) in [5.74, 6) is -1.55. The van der Waals surface area contributed by atoms with E-state index in [0.29, 0.717) is 0 Å². The summed E-state index contributed by atoms with van der Waals surface area (Å²) in [6, 6.07) is 6.11. The van der Waals surface area contributed by atoms with E-state index in [2.05, 4.69) is 45.1 Å². The van der Waals surface area contributed by atoms with Gasteiger partial charge in [-0.3, -0.25) is 4.79 Å². The number of unbranched alkanes of at least 4 members (excludes halogenated alkanes) is 9. The molecule has 0 fully saturated rings. The summed E-state index contributed by atoms with van der Waals surface area (Å²) >= 11 is 0. The van der Waals surface area contributed by atoms with E-state index in [0.717, 1.165) is 31.6 Å². The number of hydrogen-bond acceptors (Lipinski definition) is 8. The van der Waals surface area contributed by atoms with Gasteiger partial charge in [0.05, 0.1) is 6.61 Å². The Morgan fingerprint density at radius 2 is 1.33 bits per heavy atom. The van der Waals surface area contributed by atoms with Gasteiger partial charge >= 0.3 is 0 Å². The van der Waals surface area contributed by atoms with Gasteiger partial charge in [0, 0.05) is 24.1 Å². The van der Waals surface area contributed by atoms with Gasteiger partial charge in [0.1, 0.15) is 28.8 Å². The predicted octanol–water partition coefficient (Wildman–Crippen LogP) is 10.1. The van der Waals surface area contributed by atoms with Crippen molar-refractivity contribution >= 4 is 17.3 Å². The Kier molecular flexibility index (Phi) is 20.9. The molecule has 3 rings (SSSR count). The SMILES string of the molecule is CCC.CCCCC/C=C\C/C=C\CCCCCCCC=O.CCOc1c(-c2ccc(O)c(O)c2)oc2cc(O)cc(O)c2c1=O. The van der Waals surface area contributed by atoms with Gasteiger partial charge in [-0.25, -0.2) is 0 Å². The van der Waals surface area contributed by atoms with E-state index >= 15 is 0 Å². The minimum absolute atomic E-state index is 0.00894. The van der Waals surface area contributed by atoms with Crippen LogP contribution < -0.4 is 10.2 Å². The second-order valence-corrected chi connectivity index (χ2v) is 11.0. The Morgan fingerprint density at radius 1 is 0.717 bits per heavy atom. The van der Waals surface area contributed by atoms with Crippen LogP contribution in [0.25, 0.3) is 22.3 Å². The number of rotatable bonds is 17. The van der Waals surface area contributed by atoms with Crippen molar-refractivity contribution in [1.29, 1.82) is 0 Å². The number of allylic oxidation sites excluding steroid dienone is 4. The first-order chi connectivity index (χ1) is 22.2. The van der Waals surface area contributed by atoms with E-state index in [4.69, 9.17) is 9.15 Å². The van der Waals surface area contributed by atoms with Gasteiger partial charge in [0.15, 0.2) is 17.3 Å². The first-order valence-corrected chi connectivity index (χ1v) is 16.7. The van der Waals surface area contributed by atoms with Crippen molar-refractivity contribution in [3.05, 3.63) is 64.9 Å². The summed E-state index contributed by atoms with van der Waals surface area (Å²) in [7, 11) is 0. The van der Waals surface area contributed by atoms with Crippen LogP contribution in [0.4, 0.5) is 0 Å². The fraction of sp³-hybridized carbons (Fsp3) is 0.474. The van der Waals surface area contributed by atoms with E-state index in [1.165, 1.54) is 88.5 Å². The molecule has 0 bridgehead atoms. The molecule has 0 spiro atoms. The molecule has 1 aromatic heterocycles. The Balaban J connectivity index is 0.000000436. The van der Waals surface area contributed by atoms with Gasteiger partial charge in [-0.2, -0.15) is 0 Å². The maximum Gasteiger partial charge on any atom is 0.239 e. The lowest BCUT2D eigenvalue weighted by atomic mass is 10.1. The summed E-state index contributed by atoms with van der Waals surface area (Å²) in [6.07, 6.45) is 25.9. The minimum atomic E-state index is -0.613. The molecule has 254 valence electrons. The van der Waals surface area contributed by atoms with Gasteiger partial charge in [-0.15, -0.1) is 0 Å². The third kappa shape index (κ3) is 14.7. The number of fused-ring (bicyclic) bond motifs is 1. The van der Waals surface area contributed by atoms with Gasteiger partial charge < -0.3 is 34.4 Å². The van der Waals surface area contributed by atoms with Crippen molar-refractivity contribution < 1.29 is 34.4 Å². The van der Waals surface area contributed by atoms with Crippen LogP contribution in [0.3, 0.4) is 0 Å². The van der Waals surface area contributed by atoms with Crippen LogP contribution in [0, 0.1) is 0 Å². The van der Waals surface area contributed by atoms with Crippen LogP contribution in [0.15, 0.2) is 63.8 Å². The van der Waals surface area contributed by atoms with Gasteiger partial charge in [0.2, 0.25) is 11.2 Å². The zero-order chi connectivity index (χ0) is 34.2. The molecular formula is C38H54O8. The van der Waals surface area contributed by atoms with E-state index in [1.54, 1.807) is 6.92 Å². The Morgan fingerprint density at radius 3 is 1.91 bits per heavy atom. The topological polar surface area (TPSA) is 137 Å². The highest BCUT2D eigenvalue weighted by molar-refractivity contribution is 5.88. The fourth-order valence-corrected chi connectivity index (χ4v) is 4.44. The Labute approximate surface area is 274 Å². The Hall–Kier alpha value is -4.20. The standard InChI is InChI=1S/C18H32O.C17H14O7.C3H8/c1-2-3-4-5-6-7-8-9-10-11-12-13-14-15-16-17-18-19;1-2-23-17-15(22)14-12(21)6-9(18)7-13(14)24-16(17)8-3-4-10(19)11(20)5-8;1-3-2/h6-7,9-10,18H,2-5,8,11-17H2,1H3;3-7,18-21H,2H2,1H3;3H2,1-2H3/b7-6-,10-9-;;. The zero-order valence-electron chi connectivity index (χ0n) is 28.1. The van der Waals surface area contributed by atoms with Crippen LogP contribution in [0.5, 0.6) is 28.7 Å². The second-order valence-electron chi connectivity index (χ2n) is 11.0. The highest BCUT2D eigenvalue weighted by Crippen LogP contribution is 2.38. The van der Waals surface area contributed by atoms with Gasteiger partial charge in [0.25, 0.3) is 0 Å². The number of aromatic hydroxyl groups is 4. The van der Waals surface area contributed by atoms with Crippen molar-refractivity contribution in [2.24, 2.45) is 0 Å². The number of benzene rings is 2. The molecule has 4 N–H and O–H groups in total. The van der Waals surface area contributed by atoms with Crippen LogP contribution in [0.2, 0.25) is 0 Å². The number of ether oxygens (including phenoxy) is 1. The first kappa shape index (κ1) is 39.8. The predicted molar refractivity (Wildman–Crippen MR) is 187 cm³/mol.